The zero-order chi connectivity index (χ0) is 14.3. The third-order valence-corrected chi connectivity index (χ3v) is 5.46. The third-order valence-electron chi connectivity index (χ3n) is 5.46. The van der Waals surface area contributed by atoms with Gasteiger partial charge in [0.1, 0.15) is 11.6 Å². The first-order valence-electron chi connectivity index (χ1n) is 8.20. The number of hydrogen-bond donors (Lipinski definition) is 1. The highest BCUT2D eigenvalue weighted by Crippen LogP contribution is 2.42. The molecular weight excluding hydrogens is 252 g/mol. The van der Waals surface area contributed by atoms with Gasteiger partial charge in [0.05, 0.1) is 0 Å². The van der Waals surface area contributed by atoms with Crippen molar-refractivity contribution < 1.29 is 9.59 Å². The van der Waals surface area contributed by atoms with E-state index in [1.807, 2.05) is 18.7 Å². The van der Waals surface area contributed by atoms with Gasteiger partial charge in [-0.05, 0) is 31.6 Å². The summed E-state index contributed by atoms with van der Waals surface area (Å²) in [6.45, 7) is 4.03. The second kappa shape index (κ2) is 5.05. The molecule has 1 spiro atoms. The SMILES string of the molecule is CC(C)C1NC(=O)C2(CCCC2)N(C2CCCC2)C1=O. The zero-order valence-electron chi connectivity index (χ0n) is 12.7. The predicted molar refractivity (Wildman–Crippen MR) is 77.1 cm³/mol. The van der Waals surface area contributed by atoms with Crippen LogP contribution in [0.2, 0.25) is 0 Å². The van der Waals surface area contributed by atoms with Crippen molar-refractivity contribution in [3.8, 4) is 0 Å². The van der Waals surface area contributed by atoms with Crippen LogP contribution >= 0.6 is 0 Å². The summed E-state index contributed by atoms with van der Waals surface area (Å²) in [4.78, 5) is 27.8. The molecular formula is C16H26N2O2. The van der Waals surface area contributed by atoms with Crippen LogP contribution in [-0.4, -0.2) is 34.3 Å². The molecule has 3 aliphatic rings. The number of amides is 2. The Morgan fingerprint density at radius 2 is 1.70 bits per heavy atom. The third kappa shape index (κ3) is 1.95. The van der Waals surface area contributed by atoms with Crippen molar-refractivity contribution in [2.45, 2.75) is 82.8 Å². The van der Waals surface area contributed by atoms with E-state index in [4.69, 9.17) is 0 Å². The molecule has 2 amide bonds. The van der Waals surface area contributed by atoms with Gasteiger partial charge in [0, 0.05) is 6.04 Å². The summed E-state index contributed by atoms with van der Waals surface area (Å²) in [5.41, 5.74) is -0.516. The molecule has 1 heterocycles. The van der Waals surface area contributed by atoms with Gasteiger partial charge in [0.2, 0.25) is 11.8 Å². The standard InChI is InChI=1S/C16H26N2O2/c1-11(2)13-14(19)18(12-7-3-4-8-12)16(15(20)17-13)9-5-6-10-16/h11-13H,3-10H2,1-2H3,(H,17,20). The van der Waals surface area contributed by atoms with E-state index in [9.17, 15) is 9.59 Å². The first-order valence-corrected chi connectivity index (χ1v) is 8.20. The summed E-state index contributed by atoms with van der Waals surface area (Å²) in [5, 5.41) is 3.02. The second-order valence-electron chi connectivity index (χ2n) is 7.08. The Labute approximate surface area is 121 Å². The quantitative estimate of drug-likeness (QED) is 0.842. The molecule has 3 rings (SSSR count). The number of rotatable bonds is 2. The number of nitrogens with one attached hydrogen (secondary N) is 1. The van der Waals surface area contributed by atoms with Crippen molar-refractivity contribution in [2.24, 2.45) is 5.92 Å². The van der Waals surface area contributed by atoms with E-state index in [0.717, 1.165) is 38.5 Å². The minimum absolute atomic E-state index is 0.111. The average Bonchev–Trinajstić information content (AvgIpc) is 3.06. The van der Waals surface area contributed by atoms with Gasteiger partial charge in [0.25, 0.3) is 0 Å². The normalized spacial score (nSPS) is 30.6. The lowest BCUT2D eigenvalue weighted by Crippen LogP contribution is -2.72. The number of nitrogens with zero attached hydrogens (tertiary/aromatic N) is 1. The summed E-state index contributed by atoms with van der Waals surface area (Å²) in [6, 6.07) is -0.0257. The number of carbonyl (C=O) groups excluding carboxylic acids is 2. The lowest BCUT2D eigenvalue weighted by Gasteiger charge is -2.50. The van der Waals surface area contributed by atoms with Crippen LogP contribution in [0, 0.1) is 5.92 Å². The van der Waals surface area contributed by atoms with Gasteiger partial charge in [-0.2, -0.15) is 0 Å². The Morgan fingerprint density at radius 1 is 1.10 bits per heavy atom. The molecule has 1 unspecified atom stereocenters. The van der Waals surface area contributed by atoms with Crippen molar-refractivity contribution in [1.82, 2.24) is 10.2 Å². The Morgan fingerprint density at radius 3 is 2.25 bits per heavy atom. The highest BCUT2D eigenvalue weighted by Gasteiger charge is 2.56. The van der Waals surface area contributed by atoms with Crippen molar-refractivity contribution in [2.75, 3.05) is 0 Å². The first-order chi connectivity index (χ1) is 9.56. The summed E-state index contributed by atoms with van der Waals surface area (Å²) < 4.78 is 0. The fourth-order valence-electron chi connectivity index (χ4n) is 4.38. The second-order valence-corrected chi connectivity index (χ2v) is 7.08. The molecule has 2 saturated carbocycles. The van der Waals surface area contributed by atoms with Crippen molar-refractivity contribution in [3.05, 3.63) is 0 Å². The van der Waals surface area contributed by atoms with E-state index in [1.54, 1.807) is 0 Å². The Balaban J connectivity index is 1.96. The minimum Gasteiger partial charge on any atom is -0.342 e. The van der Waals surface area contributed by atoms with Crippen LogP contribution in [0.3, 0.4) is 0 Å². The summed E-state index contributed by atoms with van der Waals surface area (Å²) >= 11 is 0. The fourth-order valence-corrected chi connectivity index (χ4v) is 4.38. The monoisotopic (exact) mass is 278 g/mol. The molecule has 0 aromatic heterocycles. The maximum absolute atomic E-state index is 13.0. The molecule has 0 aromatic rings. The Bertz CT molecular complexity index is 407. The van der Waals surface area contributed by atoms with Gasteiger partial charge in [-0.15, -0.1) is 0 Å². The van der Waals surface area contributed by atoms with E-state index >= 15 is 0 Å². The molecule has 4 heteroatoms. The topological polar surface area (TPSA) is 49.4 Å². The highest BCUT2D eigenvalue weighted by atomic mass is 16.2. The van der Waals surface area contributed by atoms with Gasteiger partial charge in [-0.1, -0.05) is 39.5 Å². The largest absolute Gasteiger partial charge is 0.342 e. The van der Waals surface area contributed by atoms with E-state index in [2.05, 4.69) is 5.32 Å². The number of piperazine rings is 1. The molecule has 0 bridgehead atoms. The van der Waals surface area contributed by atoms with E-state index in [-0.39, 0.29) is 23.8 Å². The fraction of sp³-hybridized carbons (Fsp3) is 0.875. The number of hydrogen-bond acceptors (Lipinski definition) is 2. The van der Waals surface area contributed by atoms with E-state index in [1.165, 1.54) is 12.8 Å². The van der Waals surface area contributed by atoms with Crippen LogP contribution in [0.25, 0.3) is 0 Å². The van der Waals surface area contributed by atoms with Crippen LogP contribution in [0.5, 0.6) is 0 Å². The van der Waals surface area contributed by atoms with Crippen LogP contribution in [0.15, 0.2) is 0 Å². The molecule has 3 fully saturated rings. The molecule has 0 aromatic carbocycles. The molecule has 1 atom stereocenters. The maximum atomic E-state index is 13.0. The van der Waals surface area contributed by atoms with Crippen LogP contribution in [0.1, 0.15) is 65.2 Å². The van der Waals surface area contributed by atoms with Gasteiger partial charge in [0.15, 0.2) is 0 Å². The Hall–Kier alpha value is -1.06. The van der Waals surface area contributed by atoms with Gasteiger partial charge in [-0.25, -0.2) is 0 Å². The van der Waals surface area contributed by atoms with Crippen molar-refractivity contribution in [3.63, 3.8) is 0 Å². The predicted octanol–water partition coefficient (Wildman–Crippen LogP) is 2.22. The lowest BCUT2D eigenvalue weighted by molar-refractivity contribution is -0.162. The molecule has 112 valence electrons. The van der Waals surface area contributed by atoms with Crippen LogP contribution in [-0.2, 0) is 9.59 Å². The maximum Gasteiger partial charge on any atom is 0.246 e. The zero-order valence-corrected chi connectivity index (χ0v) is 12.7. The van der Waals surface area contributed by atoms with E-state index < -0.39 is 5.54 Å². The van der Waals surface area contributed by atoms with E-state index in [0.29, 0.717) is 6.04 Å². The van der Waals surface area contributed by atoms with Gasteiger partial charge >= 0.3 is 0 Å². The molecule has 0 radical (unpaired) electrons. The molecule has 1 aliphatic heterocycles. The number of carbonyl (C=O) groups is 2. The summed E-state index contributed by atoms with van der Waals surface area (Å²) in [6.07, 6.45) is 8.37. The molecule has 2 aliphatic carbocycles. The van der Waals surface area contributed by atoms with Gasteiger partial charge in [-0.3, -0.25) is 9.59 Å². The molecule has 4 nitrogen and oxygen atoms in total. The van der Waals surface area contributed by atoms with Crippen molar-refractivity contribution in [1.29, 1.82) is 0 Å². The first kappa shape index (κ1) is 13.9. The highest BCUT2D eigenvalue weighted by molar-refractivity contribution is 6.00. The molecule has 20 heavy (non-hydrogen) atoms. The smallest absolute Gasteiger partial charge is 0.246 e. The van der Waals surface area contributed by atoms with Crippen LogP contribution in [0.4, 0.5) is 0 Å². The van der Waals surface area contributed by atoms with Crippen molar-refractivity contribution >= 4 is 11.8 Å². The molecule has 1 N–H and O–H groups in total. The summed E-state index contributed by atoms with van der Waals surface area (Å²) in [5.74, 6) is 0.447. The minimum atomic E-state index is -0.516. The molecule has 1 saturated heterocycles. The lowest BCUT2D eigenvalue weighted by atomic mass is 9.85. The Kier molecular flexibility index (Phi) is 3.51. The van der Waals surface area contributed by atoms with Gasteiger partial charge < -0.3 is 10.2 Å². The average molecular weight is 278 g/mol. The summed E-state index contributed by atoms with van der Waals surface area (Å²) in [7, 11) is 0. The van der Waals surface area contributed by atoms with Crippen LogP contribution < -0.4 is 5.32 Å².